The van der Waals surface area contributed by atoms with E-state index in [1.807, 2.05) is 0 Å². The van der Waals surface area contributed by atoms with Crippen molar-refractivity contribution in [2.45, 2.75) is 232 Å². The molecule has 0 fully saturated rings. The van der Waals surface area contributed by atoms with E-state index in [1.165, 1.54) is 141 Å². The van der Waals surface area contributed by atoms with Gasteiger partial charge in [-0.2, -0.15) is 0 Å². The summed E-state index contributed by atoms with van der Waals surface area (Å²) in [6.07, 6.45) is 34.1. The number of aliphatic hydroxyl groups excluding tert-OH is 1. The summed E-state index contributed by atoms with van der Waals surface area (Å²) in [6.45, 7) is 4.50. The maximum Gasteiger partial charge on any atom is 0.321 e. The highest BCUT2D eigenvalue weighted by Crippen LogP contribution is 2.16. The van der Waals surface area contributed by atoms with Gasteiger partial charge < -0.3 is 14.6 Å². The first-order valence-corrected chi connectivity index (χ1v) is 20.0. The van der Waals surface area contributed by atoms with Crippen molar-refractivity contribution in [3.05, 3.63) is 0 Å². The number of aliphatic hydroxyl groups is 1. The maximum atomic E-state index is 12.1. The Morgan fingerprint density at radius 2 is 0.681 bits per heavy atom. The van der Waals surface area contributed by atoms with Crippen LogP contribution in [0.5, 0.6) is 0 Å². The van der Waals surface area contributed by atoms with E-state index < -0.39 is 36.4 Å². The summed E-state index contributed by atoms with van der Waals surface area (Å²) in [4.78, 5) is 47.9. The monoisotopic (exact) mass is 667 g/mol. The average molecular weight is 667 g/mol. The maximum absolute atomic E-state index is 12.1. The molecular formula is C40H74O7. The highest BCUT2D eigenvalue weighted by molar-refractivity contribution is 6.00. The SMILES string of the molecule is CCCCCCCCCCCCCCCCCC(=O)OC(=O)CC(=O)C(O)OC(=O)CCCCCCCCCCCCCCCCC. The molecule has 1 unspecified atom stereocenters. The molecule has 0 heterocycles. The highest BCUT2D eigenvalue weighted by atomic mass is 16.6. The third kappa shape index (κ3) is 33.9. The second kappa shape index (κ2) is 35.5. The molecule has 0 spiro atoms. The quantitative estimate of drug-likeness (QED) is 0.0307. The molecule has 0 aliphatic carbocycles. The van der Waals surface area contributed by atoms with Gasteiger partial charge in [-0.15, -0.1) is 0 Å². The smallest absolute Gasteiger partial charge is 0.321 e. The Labute approximate surface area is 289 Å². The van der Waals surface area contributed by atoms with Gasteiger partial charge in [-0.05, 0) is 12.8 Å². The van der Waals surface area contributed by atoms with E-state index in [9.17, 15) is 24.3 Å². The van der Waals surface area contributed by atoms with Gasteiger partial charge in [-0.1, -0.05) is 194 Å². The van der Waals surface area contributed by atoms with Gasteiger partial charge in [0.25, 0.3) is 6.29 Å². The Hall–Kier alpha value is -1.76. The van der Waals surface area contributed by atoms with E-state index in [0.717, 1.165) is 38.5 Å². The number of carbonyl (C=O) groups is 4. The number of ether oxygens (including phenoxy) is 2. The zero-order valence-electron chi connectivity index (χ0n) is 30.8. The highest BCUT2D eigenvalue weighted by Gasteiger charge is 2.24. The molecule has 0 amide bonds. The minimum atomic E-state index is -2.02. The minimum absolute atomic E-state index is 0.116. The fraction of sp³-hybridized carbons (Fsp3) is 0.900. The van der Waals surface area contributed by atoms with E-state index in [1.54, 1.807) is 0 Å². The molecule has 0 saturated heterocycles. The molecular weight excluding hydrogens is 592 g/mol. The van der Waals surface area contributed by atoms with Gasteiger partial charge in [-0.25, -0.2) is 0 Å². The van der Waals surface area contributed by atoms with Gasteiger partial charge in [-0.3, -0.25) is 19.2 Å². The largest absolute Gasteiger partial charge is 0.428 e. The molecule has 7 nitrogen and oxygen atoms in total. The van der Waals surface area contributed by atoms with Gasteiger partial charge in [0.2, 0.25) is 5.78 Å². The van der Waals surface area contributed by atoms with Gasteiger partial charge in [0.15, 0.2) is 0 Å². The lowest BCUT2D eigenvalue weighted by Gasteiger charge is -2.11. The van der Waals surface area contributed by atoms with Crippen LogP contribution in [-0.4, -0.2) is 35.1 Å². The molecule has 0 bridgehead atoms. The summed E-state index contributed by atoms with van der Waals surface area (Å²) in [5.41, 5.74) is 0. The topological polar surface area (TPSA) is 107 Å². The number of hydrogen-bond donors (Lipinski definition) is 1. The molecule has 1 atom stereocenters. The van der Waals surface area contributed by atoms with E-state index in [0.29, 0.717) is 12.8 Å². The molecule has 0 rings (SSSR count). The Bertz CT molecular complexity index is 751. The minimum Gasteiger partial charge on any atom is -0.428 e. The van der Waals surface area contributed by atoms with Crippen LogP contribution in [-0.2, 0) is 28.7 Å². The molecule has 276 valence electrons. The molecule has 47 heavy (non-hydrogen) atoms. The van der Waals surface area contributed by atoms with Crippen LogP contribution in [0.1, 0.15) is 226 Å². The lowest BCUT2D eigenvalue weighted by molar-refractivity contribution is -0.178. The molecule has 0 aliphatic heterocycles. The summed E-state index contributed by atoms with van der Waals surface area (Å²) in [7, 11) is 0. The summed E-state index contributed by atoms with van der Waals surface area (Å²) >= 11 is 0. The summed E-state index contributed by atoms with van der Waals surface area (Å²) in [5, 5.41) is 9.86. The van der Waals surface area contributed by atoms with Crippen molar-refractivity contribution < 1.29 is 33.8 Å². The Balaban J connectivity index is 3.62. The predicted molar refractivity (Wildman–Crippen MR) is 192 cm³/mol. The first kappa shape index (κ1) is 45.2. The molecule has 0 aromatic carbocycles. The first-order valence-electron chi connectivity index (χ1n) is 20.0. The Kier molecular flexibility index (Phi) is 34.2. The fourth-order valence-corrected chi connectivity index (χ4v) is 5.97. The van der Waals surface area contributed by atoms with Crippen molar-refractivity contribution in [3.8, 4) is 0 Å². The molecule has 0 radical (unpaired) electrons. The van der Waals surface area contributed by atoms with E-state index in [2.05, 4.69) is 13.8 Å². The number of unbranched alkanes of at least 4 members (excludes halogenated alkanes) is 28. The van der Waals surface area contributed by atoms with Gasteiger partial charge >= 0.3 is 17.9 Å². The molecule has 0 aromatic rings. The lowest BCUT2D eigenvalue weighted by atomic mass is 10.0. The number of esters is 3. The average Bonchev–Trinajstić information content (AvgIpc) is 3.04. The molecule has 1 N–H and O–H groups in total. The Morgan fingerprint density at radius 1 is 0.404 bits per heavy atom. The third-order valence-corrected chi connectivity index (χ3v) is 9.03. The van der Waals surface area contributed by atoms with Crippen molar-refractivity contribution in [1.29, 1.82) is 0 Å². The zero-order chi connectivity index (χ0) is 34.6. The Morgan fingerprint density at radius 3 is 1.00 bits per heavy atom. The van der Waals surface area contributed by atoms with Crippen molar-refractivity contribution >= 4 is 23.7 Å². The van der Waals surface area contributed by atoms with Crippen LogP contribution in [0.15, 0.2) is 0 Å². The number of Topliss-reactive ketones (excluding diaryl/α,β-unsaturated/α-hetero) is 1. The predicted octanol–water partition coefficient (Wildman–Crippen LogP) is 11.4. The van der Waals surface area contributed by atoms with Gasteiger partial charge in [0, 0.05) is 12.8 Å². The van der Waals surface area contributed by atoms with Crippen LogP contribution in [0, 0.1) is 0 Å². The summed E-state index contributed by atoms with van der Waals surface area (Å²) in [5.74, 6) is -3.35. The van der Waals surface area contributed by atoms with Crippen LogP contribution in [0.3, 0.4) is 0 Å². The zero-order valence-corrected chi connectivity index (χ0v) is 30.8. The standard InChI is InChI=1S/C40H74O7/c1-3-5-7-9-11-13-15-17-19-21-23-25-27-29-31-33-37(42)46-39(44)35-36(41)40(45)47-38(43)34-32-30-28-26-24-22-20-18-16-14-12-10-8-6-4-2/h40,45H,3-35H2,1-2H3. The molecule has 0 aromatic heterocycles. The van der Waals surface area contributed by atoms with Crippen LogP contribution in [0.4, 0.5) is 0 Å². The summed E-state index contributed by atoms with van der Waals surface area (Å²) < 4.78 is 9.48. The second-order valence-corrected chi connectivity index (χ2v) is 13.7. The van der Waals surface area contributed by atoms with E-state index in [4.69, 9.17) is 9.47 Å². The number of rotatable bonds is 36. The molecule has 7 heteroatoms. The molecule has 0 aliphatic rings. The van der Waals surface area contributed by atoms with Crippen molar-refractivity contribution in [3.63, 3.8) is 0 Å². The normalized spacial score (nSPS) is 11.8. The van der Waals surface area contributed by atoms with E-state index >= 15 is 0 Å². The van der Waals surface area contributed by atoms with Crippen molar-refractivity contribution in [1.82, 2.24) is 0 Å². The third-order valence-electron chi connectivity index (χ3n) is 9.03. The lowest BCUT2D eigenvalue weighted by Crippen LogP contribution is -2.29. The van der Waals surface area contributed by atoms with Crippen molar-refractivity contribution in [2.24, 2.45) is 0 Å². The van der Waals surface area contributed by atoms with Crippen LogP contribution >= 0.6 is 0 Å². The first-order chi connectivity index (χ1) is 22.9. The van der Waals surface area contributed by atoms with Crippen LogP contribution in [0.25, 0.3) is 0 Å². The number of ketones is 1. The summed E-state index contributed by atoms with van der Waals surface area (Å²) in [6, 6.07) is 0. The van der Waals surface area contributed by atoms with Crippen LogP contribution in [0.2, 0.25) is 0 Å². The fourth-order valence-electron chi connectivity index (χ4n) is 5.97. The van der Waals surface area contributed by atoms with Crippen molar-refractivity contribution in [2.75, 3.05) is 0 Å². The second-order valence-electron chi connectivity index (χ2n) is 13.7. The molecule has 0 saturated carbocycles. The van der Waals surface area contributed by atoms with E-state index in [-0.39, 0.29) is 12.8 Å². The van der Waals surface area contributed by atoms with Gasteiger partial charge in [0.05, 0.1) is 0 Å². The van der Waals surface area contributed by atoms with Crippen LogP contribution < -0.4 is 0 Å². The van der Waals surface area contributed by atoms with Gasteiger partial charge in [0.1, 0.15) is 6.42 Å². The number of carbonyl (C=O) groups excluding carboxylic acids is 4. The number of hydrogen-bond acceptors (Lipinski definition) is 7.